The molecular weight excluding hydrogens is 192 g/mol. The van der Waals surface area contributed by atoms with Crippen LogP contribution in [0.5, 0.6) is 0 Å². The van der Waals surface area contributed by atoms with E-state index in [1.54, 1.807) is 0 Å². The molecule has 0 heterocycles. The summed E-state index contributed by atoms with van der Waals surface area (Å²) in [5.41, 5.74) is 3.22. The minimum absolute atomic E-state index is 0.264. The number of unbranched alkanes of at least 4 members (excludes halogenated alkanes) is 1. The summed E-state index contributed by atoms with van der Waals surface area (Å²) >= 11 is 0. The fraction of sp³-hybridized carbons (Fsp3) is 0.625. The van der Waals surface area contributed by atoms with Gasteiger partial charge in [0.15, 0.2) is 0 Å². The predicted octanol–water partition coefficient (Wildman–Crippen LogP) is 5.28. The monoisotopic (exact) mass is 218 g/mol. The molecule has 0 bridgehead atoms. The molecule has 0 amide bonds. The highest BCUT2D eigenvalue weighted by atomic mass is 14.2. The van der Waals surface area contributed by atoms with Gasteiger partial charge in [-0.25, -0.2) is 0 Å². The second kappa shape index (κ2) is 5.52. The van der Waals surface area contributed by atoms with Gasteiger partial charge in [-0.15, -0.1) is 0 Å². The van der Waals surface area contributed by atoms with Crippen LogP contribution < -0.4 is 0 Å². The Hall–Kier alpha value is -0.780. The van der Waals surface area contributed by atoms with Crippen LogP contribution in [0.2, 0.25) is 0 Å². The van der Waals surface area contributed by atoms with Gasteiger partial charge in [-0.05, 0) is 28.9 Å². The van der Waals surface area contributed by atoms with Gasteiger partial charge in [0.25, 0.3) is 0 Å². The molecule has 0 N–H and O–H groups in total. The molecule has 0 spiro atoms. The molecule has 0 aromatic heterocycles. The first kappa shape index (κ1) is 13.3. The highest BCUT2D eigenvalue weighted by Crippen LogP contribution is 2.27. The van der Waals surface area contributed by atoms with Crippen molar-refractivity contribution in [3.8, 4) is 0 Å². The minimum Gasteiger partial charge on any atom is -0.0654 e. The SMILES string of the molecule is CCCCC(C)c1cccc(C(C)(C)C)c1. The van der Waals surface area contributed by atoms with Crippen LogP contribution in [0.3, 0.4) is 0 Å². The highest BCUT2D eigenvalue weighted by molar-refractivity contribution is 5.30. The molecule has 1 atom stereocenters. The first-order valence-corrected chi connectivity index (χ1v) is 6.55. The van der Waals surface area contributed by atoms with E-state index in [0.29, 0.717) is 5.92 Å². The third kappa shape index (κ3) is 3.66. The molecule has 0 aliphatic rings. The Morgan fingerprint density at radius 1 is 1.19 bits per heavy atom. The van der Waals surface area contributed by atoms with Crippen molar-refractivity contribution in [2.24, 2.45) is 0 Å². The normalized spacial score (nSPS) is 13.8. The quantitative estimate of drug-likeness (QED) is 0.645. The van der Waals surface area contributed by atoms with Crippen LogP contribution in [0.4, 0.5) is 0 Å². The Kier molecular flexibility index (Phi) is 4.58. The molecule has 0 aliphatic heterocycles. The lowest BCUT2D eigenvalue weighted by atomic mass is 9.84. The average Bonchev–Trinajstić information content (AvgIpc) is 2.25. The van der Waals surface area contributed by atoms with Gasteiger partial charge in [-0.2, -0.15) is 0 Å². The molecule has 0 saturated carbocycles. The fourth-order valence-corrected chi connectivity index (χ4v) is 1.99. The maximum absolute atomic E-state index is 2.39. The van der Waals surface area contributed by atoms with Crippen molar-refractivity contribution in [3.05, 3.63) is 35.4 Å². The summed E-state index contributed by atoms with van der Waals surface area (Å²) in [5, 5.41) is 0. The molecule has 1 aromatic carbocycles. The lowest BCUT2D eigenvalue weighted by Gasteiger charge is -2.21. The van der Waals surface area contributed by atoms with E-state index in [-0.39, 0.29) is 5.41 Å². The second-order valence-electron chi connectivity index (χ2n) is 5.92. The van der Waals surface area contributed by atoms with Crippen molar-refractivity contribution in [3.63, 3.8) is 0 Å². The molecule has 1 rings (SSSR count). The van der Waals surface area contributed by atoms with Crippen molar-refractivity contribution < 1.29 is 0 Å². The molecule has 0 saturated heterocycles. The zero-order valence-corrected chi connectivity index (χ0v) is 11.5. The minimum atomic E-state index is 0.264. The lowest BCUT2D eigenvalue weighted by Crippen LogP contribution is -2.11. The van der Waals surface area contributed by atoms with Crippen LogP contribution in [-0.4, -0.2) is 0 Å². The first-order valence-electron chi connectivity index (χ1n) is 6.55. The Morgan fingerprint density at radius 2 is 1.88 bits per heavy atom. The molecule has 1 unspecified atom stereocenters. The van der Waals surface area contributed by atoms with Crippen LogP contribution in [0.15, 0.2) is 24.3 Å². The summed E-state index contributed by atoms with van der Waals surface area (Å²) in [4.78, 5) is 0. The summed E-state index contributed by atoms with van der Waals surface area (Å²) in [5.74, 6) is 0.697. The zero-order chi connectivity index (χ0) is 12.2. The maximum Gasteiger partial charge on any atom is -0.0132 e. The van der Waals surface area contributed by atoms with Crippen molar-refractivity contribution in [1.82, 2.24) is 0 Å². The van der Waals surface area contributed by atoms with E-state index in [9.17, 15) is 0 Å². The maximum atomic E-state index is 2.39. The van der Waals surface area contributed by atoms with Gasteiger partial charge in [0, 0.05) is 0 Å². The Morgan fingerprint density at radius 3 is 2.44 bits per heavy atom. The third-order valence-corrected chi connectivity index (χ3v) is 3.31. The largest absolute Gasteiger partial charge is 0.0654 e. The number of benzene rings is 1. The summed E-state index contributed by atoms with van der Waals surface area (Å²) in [6, 6.07) is 9.12. The van der Waals surface area contributed by atoms with Gasteiger partial charge >= 0.3 is 0 Å². The van der Waals surface area contributed by atoms with E-state index in [1.807, 2.05) is 0 Å². The van der Waals surface area contributed by atoms with E-state index in [2.05, 4.69) is 58.9 Å². The summed E-state index contributed by atoms with van der Waals surface area (Å²) in [6.07, 6.45) is 3.94. The molecule has 0 fully saturated rings. The van der Waals surface area contributed by atoms with Crippen LogP contribution in [0.1, 0.15) is 70.9 Å². The number of hydrogen-bond donors (Lipinski definition) is 0. The molecule has 16 heavy (non-hydrogen) atoms. The van der Waals surface area contributed by atoms with Crippen LogP contribution in [-0.2, 0) is 5.41 Å². The van der Waals surface area contributed by atoms with Gasteiger partial charge in [-0.1, -0.05) is 71.7 Å². The Labute approximate surface area is 101 Å². The van der Waals surface area contributed by atoms with Crippen molar-refractivity contribution in [2.45, 2.75) is 65.2 Å². The van der Waals surface area contributed by atoms with Crippen molar-refractivity contribution in [1.29, 1.82) is 0 Å². The molecule has 0 aliphatic carbocycles. The second-order valence-corrected chi connectivity index (χ2v) is 5.92. The van der Waals surface area contributed by atoms with Gasteiger partial charge in [0.1, 0.15) is 0 Å². The van der Waals surface area contributed by atoms with E-state index in [0.717, 1.165) is 0 Å². The van der Waals surface area contributed by atoms with Gasteiger partial charge < -0.3 is 0 Å². The topological polar surface area (TPSA) is 0 Å². The van der Waals surface area contributed by atoms with E-state index >= 15 is 0 Å². The molecule has 0 radical (unpaired) electrons. The predicted molar refractivity (Wildman–Crippen MR) is 73.1 cm³/mol. The van der Waals surface area contributed by atoms with Gasteiger partial charge in [0.05, 0.1) is 0 Å². The molecule has 0 nitrogen and oxygen atoms in total. The Bertz CT molecular complexity index is 317. The van der Waals surface area contributed by atoms with E-state index < -0.39 is 0 Å². The fourth-order valence-electron chi connectivity index (χ4n) is 1.99. The number of rotatable bonds is 4. The number of hydrogen-bond acceptors (Lipinski definition) is 0. The summed E-state index contributed by atoms with van der Waals surface area (Å²) in [6.45, 7) is 11.4. The zero-order valence-electron chi connectivity index (χ0n) is 11.5. The first-order chi connectivity index (χ1) is 7.45. The van der Waals surface area contributed by atoms with Gasteiger partial charge in [-0.3, -0.25) is 0 Å². The lowest BCUT2D eigenvalue weighted by molar-refractivity contribution is 0.583. The van der Waals surface area contributed by atoms with Crippen molar-refractivity contribution in [2.75, 3.05) is 0 Å². The summed E-state index contributed by atoms with van der Waals surface area (Å²) < 4.78 is 0. The van der Waals surface area contributed by atoms with E-state index in [4.69, 9.17) is 0 Å². The molecule has 90 valence electrons. The molecular formula is C16H26. The van der Waals surface area contributed by atoms with Crippen LogP contribution >= 0.6 is 0 Å². The van der Waals surface area contributed by atoms with Crippen molar-refractivity contribution >= 4 is 0 Å². The summed E-state index contributed by atoms with van der Waals surface area (Å²) in [7, 11) is 0. The third-order valence-electron chi connectivity index (χ3n) is 3.31. The smallest absolute Gasteiger partial charge is 0.0132 e. The standard InChI is InChI=1S/C16H26/c1-6-7-9-13(2)14-10-8-11-15(12-14)16(3,4)5/h8,10-13H,6-7,9H2,1-5H3. The Balaban J connectivity index is 2.82. The molecule has 1 aromatic rings. The van der Waals surface area contributed by atoms with Crippen LogP contribution in [0.25, 0.3) is 0 Å². The van der Waals surface area contributed by atoms with E-state index in [1.165, 1.54) is 30.4 Å². The van der Waals surface area contributed by atoms with Crippen LogP contribution in [0, 0.1) is 0 Å². The highest BCUT2D eigenvalue weighted by Gasteiger charge is 2.14. The average molecular weight is 218 g/mol. The molecule has 0 heteroatoms. The van der Waals surface area contributed by atoms with Gasteiger partial charge in [0.2, 0.25) is 0 Å².